The summed E-state index contributed by atoms with van der Waals surface area (Å²) in [4.78, 5) is 22.8. The van der Waals surface area contributed by atoms with Crippen molar-refractivity contribution in [2.45, 2.75) is 18.3 Å². The number of ether oxygens (including phenoxy) is 1. The second-order valence-electron chi connectivity index (χ2n) is 6.15. The second-order valence-corrected chi connectivity index (χ2v) is 7.53. The van der Waals surface area contributed by atoms with Crippen LogP contribution in [0.4, 0.5) is 11.4 Å². The zero-order valence-electron chi connectivity index (χ0n) is 16.2. The van der Waals surface area contributed by atoms with Gasteiger partial charge in [-0.05, 0) is 30.3 Å². The summed E-state index contributed by atoms with van der Waals surface area (Å²) in [6.45, 7) is 4.34. The lowest BCUT2D eigenvalue weighted by Gasteiger charge is -2.09. The van der Waals surface area contributed by atoms with Crippen molar-refractivity contribution in [1.82, 2.24) is 14.8 Å². The molecule has 1 amide bonds. The van der Waals surface area contributed by atoms with Crippen LogP contribution in [0.3, 0.4) is 0 Å². The van der Waals surface area contributed by atoms with Crippen LogP contribution in [0.2, 0.25) is 5.02 Å². The number of amides is 1. The summed E-state index contributed by atoms with van der Waals surface area (Å²) in [5.74, 6) is 0.804. The number of anilines is 1. The van der Waals surface area contributed by atoms with Crippen LogP contribution in [0.15, 0.2) is 66.3 Å². The quantitative estimate of drug-likeness (QED) is 0.208. The fourth-order valence-corrected chi connectivity index (χ4v) is 3.47. The van der Waals surface area contributed by atoms with Crippen LogP contribution in [-0.2, 0) is 17.9 Å². The van der Waals surface area contributed by atoms with Crippen molar-refractivity contribution < 1.29 is 14.5 Å². The first-order valence-electron chi connectivity index (χ1n) is 9.05. The molecule has 0 bridgehead atoms. The average molecular weight is 460 g/mol. The maximum absolute atomic E-state index is 12.3. The van der Waals surface area contributed by atoms with Gasteiger partial charge in [-0.3, -0.25) is 19.5 Å². The van der Waals surface area contributed by atoms with Gasteiger partial charge in [0.05, 0.1) is 10.7 Å². The van der Waals surface area contributed by atoms with Crippen LogP contribution in [0.1, 0.15) is 5.82 Å². The van der Waals surface area contributed by atoms with E-state index in [1.165, 1.54) is 18.2 Å². The number of thioether (sulfide) groups is 1. The van der Waals surface area contributed by atoms with Crippen molar-refractivity contribution in [2.75, 3.05) is 11.1 Å². The number of rotatable bonds is 10. The molecule has 11 heteroatoms. The molecule has 0 unspecified atom stereocenters. The monoisotopic (exact) mass is 459 g/mol. The van der Waals surface area contributed by atoms with Gasteiger partial charge in [-0.1, -0.05) is 41.6 Å². The highest BCUT2D eigenvalue weighted by atomic mass is 35.5. The molecule has 1 N–H and O–H groups in total. The minimum atomic E-state index is -0.545. The van der Waals surface area contributed by atoms with Gasteiger partial charge in [-0.2, -0.15) is 0 Å². The minimum Gasteiger partial charge on any atom is -0.486 e. The Bertz CT molecular complexity index is 1090. The van der Waals surface area contributed by atoms with Crippen molar-refractivity contribution in [3.05, 3.63) is 82.1 Å². The van der Waals surface area contributed by atoms with Gasteiger partial charge in [0.2, 0.25) is 5.91 Å². The Kier molecular flexibility index (Phi) is 7.63. The maximum Gasteiger partial charge on any atom is 0.292 e. The van der Waals surface area contributed by atoms with Crippen LogP contribution in [-0.4, -0.2) is 31.3 Å². The summed E-state index contributed by atoms with van der Waals surface area (Å²) in [5, 5.41) is 23.0. The molecule has 9 nitrogen and oxygen atoms in total. The van der Waals surface area contributed by atoms with E-state index < -0.39 is 10.8 Å². The number of para-hydroxylation sites is 2. The van der Waals surface area contributed by atoms with Crippen LogP contribution in [0.5, 0.6) is 5.75 Å². The largest absolute Gasteiger partial charge is 0.486 e. The summed E-state index contributed by atoms with van der Waals surface area (Å²) >= 11 is 7.03. The Balaban J connectivity index is 1.63. The number of halogens is 1. The SMILES string of the molecule is C=CCn1c(COc2ccc(Cl)cc2)nnc1SCC(=O)Nc1ccccc1[N+](=O)[O-]. The fourth-order valence-electron chi connectivity index (χ4n) is 2.58. The zero-order valence-corrected chi connectivity index (χ0v) is 17.8. The number of nitro benzene ring substituents is 1. The molecule has 31 heavy (non-hydrogen) atoms. The second kappa shape index (κ2) is 10.6. The number of hydrogen-bond donors (Lipinski definition) is 1. The summed E-state index contributed by atoms with van der Waals surface area (Å²) in [5.41, 5.74) is -0.0278. The lowest BCUT2D eigenvalue weighted by atomic mass is 10.2. The van der Waals surface area contributed by atoms with Crippen LogP contribution >= 0.6 is 23.4 Å². The van der Waals surface area contributed by atoms with Crippen LogP contribution in [0.25, 0.3) is 0 Å². The van der Waals surface area contributed by atoms with Gasteiger partial charge < -0.3 is 10.1 Å². The molecular formula is C20H18ClN5O4S. The Morgan fingerprint density at radius 3 is 2.71 bits per heavy atom. The first kappa shape index (κ1) is 22.3. The topological polar surface area (TPSA) is 112 Å². The zero-order chi connectivity index (χ0) is 22.2. The predicted molar refractivity (Wildman–Crippen MR) is 118 cm³/mol. The van der Waals surface area contributed by atoms with E-state index >= 15 is 0 Å². The Morgan fingerprint density at radius 1 is 1.26 bits per heavy atom. The van der Waals surface area contributed by atoms with Crippen molar-refractivity contribution >= 4 is 40.6 Å². The van der Waals surface area contributed by atoms with E-state index in [0.29, 0.717) is 28.3 Å². The van der Waals surface area contributed by atoms with E-state index in [4.69, 9.17) is 16.3 Å². The van der Waals surface area contributed by atoms with Gasteiger partial charge in [0.15, 0.2) is 11.0 Å². The molecule has 0 aliphatic rings. The lowest BCUT2D eigenvalue weighted by Crippen LogP contribution is -2.16. The van der Waals surface area contributed by atoms with E-state index in [9.17, 15) is 14.9 Å². The predicted octanol–water partition coefficient (Wildman–Crippen LogP) is 4.34. The maximum atomic E-state index is 12.3. The molecule has 1 aromatic heterocycles. The summed E-state index contributed by atoms with van der Waals surface area (Å²) in [7, 11) is 0. The molecular weight excluding hydrogens is 442 g/mol. The molecule has 0 radical (unpaired) electrons. The van der Waals surface area contributed by atoms with Crippen LogP contribution < -0.4 is 10.1 Å². The van der Waals surface area contributed by atoms with E-state index in [0.717, 1.165) is 11.8 Å². The third-order valence-corrected chi connectivity index (χ3v) is 5.21. The molecule has 0 fully saturated rings. The number of nitrogens with one attached hydrogen (secondary N) is 1. The van der Waals surface area contributed by atoms with Gasteiger partial charge >= 0.3 is 0 Å². The van der Waals surface area contributed by atoms with Crippen molar-refractivity contribution in [2.24, 2.45) is 0 Å². The molecule has 0 atom stereocenters. The molecule has 1 heterocycles. The van der Waals surface area contributed by atoms with Gasteiger partial charge in [-0.15, -0.1) is 16.8 Å². The molecule has 160 valence electrons. The van der Waals surface area contributed by atoms with Crippen molar-refractivity contribution in [1.29, 1.82) is 0 Å². The third-order valence-electron chi connectivity index (χ3n) is 3.99. The van der Waals surface area contributed by atoms with E-state index in [2.05, 4.69) is 22.1 Å². The molecule has 0 aliphatic carbocycles. The molecule has 0 saturated carbocycles. The number of allylic oxidation sites excluding steroid dienone is 1. The first-order valence-corrected chi connectivity index (χ1v) is 10.4. The Hall–Kier alpha value is -3.37. The highest BCUT2D eigenvalue weighted by Crippen LogP contribution is 2.24. The molecule has 0 aliphatic heterocycles. The number of hydrogen-bond acceptors (Lipinski definition) is 7. The molecule has 3 aromatic rings. The van der Waals surface area contributed by atoms with Gasteiger partial charge in [0.25, 0.3) is 5.69 Å². The van der Waals surface area contributed by atoms with Gasteiger partial charge in [0, 0.05) is 17.6 Å². The smallest absolute Gasteiger partial charge is 0.292 e. The Morgan fingerprint density at radius 2 is 2.00 bits per heavy atom. The molecule has 0 spiro atoms. The van der Waals surface area contributed by atoms with E-state index in [-0.39, 0.29) is 23.7 Å². The summed E-state index contributed by atoms with van der Waals surface area (Å²) in [6, 6.07) is 12.9. The molecule has 0 saturated heterocycles. The third kappa shape index (κ3) is 6.06. The van der Waals surface area contributed by atoms with E-state index in [1.807, 2.05) is 0 Å². The van der Waals surface area contributed by atoms with Crippen LogP contribution in [0, 0.1) is 10.1 Å². The molecule has 3 rings (SSSR count). The number of nitrogens with zero attached hydrogens (tertiary/aromatic N) is 4. The minimum absolute atomic E-state index is 0.000629. The number of aromatic nitrogens is 3. The number of carbonyl (C=O) groups is 1. The van der Waals surface area contributed by atoms with Gasteiger partial charge in [-0.25, -0.2) is 0 Å². The van der Waals surface area contributed by atoms with Gasteiger partial charge in [0.1, 0.15) is 18.0 Å². The normalized spacial score (nSPS) is 10.5. The lowest BCUT2D eigenvalue weighted by molar-refractivity contribution is -0.383. The average Bonchev–Trinajstić information content (AvgIpc) is 3.14. The summed E-state index contributed by atoms with van der Waals surface area (Å²) in [6.07, 6.45) is 1.69. The Labute approximate surface area is 187 Å². The highest BCUT2D eigenvalue weighted by Gasteiger charge is 2.17. The number of benzene rings is 2. The summed E-state index contributed by atoms with van der Waals surface area (Å²) < 4.78 is 7.50. The fraction of sp³-hybridized carbons (Fsp3) is 0.150. The van der Waals surface area contributed by atoms with Crippen molar-refractivity contribution in [3.63, 3.8) is 0 Å². The number of carbonyl (C=O) groups excluding carboxylic acids is 1. The highest BCUT2D eigenvalue weighted by molar-refractivity contribution is 7.99. The molecule has 2 aromatic carbocycles. The standard InChI is InChI=1S/C20H18ClN5O4S/c1-2-11-25-18(12-30-15-9-7-14(21)8-10-15)23-24-20(25)31-13-19(27)22-16-5-3-4-6-17(16)26(28)29/h2-10H,1,11-13H2,(H,22,27). The van der Waals surface area contributed by atoms with Crippen molar-refractivity contribution in [3.8, 4) is 5.75 Å². The number of nitro groups is 1. The van der Waals surface area contributed by atoms with E-state index in [1.54, 1.807) is 41.0 Å². The first-order chi connectivity index (χ1) is 15.0.